The molecule has 1 unspecified atom stereocenters. The number of allylic oxidation sites excluding steroid dienone is 1. The molecule has 1 atom stereocenters. The van der Waals surface area contributed by atoms with Gasteiger partial charge in [0.05, 0.1) is 0 Å². The van der Waals surface area contributed by atoms with Crippen LogP contribution in [0.2, 0.25) is 0 Å². The van der Waals surface area contributed by atoms with E-state index in [0.717, 1.165) is 44.6 Å². The van der Waals surface area contributed by atoms with Crippen molar-refractivity contribution in [3.8, 4) is 0 Å². The number of benzene rings is 1. The first kappa shape index (κ1) is 16.9. The predicted octanol–water partition coefficient (Wildman–Crippen LogP) is 2.85. The number of piperazine rings is 1. The van der Waals surface area contributed by atoms with E-state index in [2.05, 4.69) is 15.2 Å². The molecule has 1 aromatic rings. The lowest BCUT2D eigenvalue weighted by molar-refractivity contribution is 0.165. The molecular formula is C18H23F2N3O. The summed E-state index contributed by atoms with van der Waals surface area (Å²) in [4.78, 5) is 6.62. The molecule has 0 saturated carbocycles. The van der Waals surface area contributed by atoms with Gasteiger partial charge in [0.15, 0.2) is 11.6 Å². The van der Waals surface area contributed by atoms with E-state index in [1.54, 1.807) is 7.05 Å². The minimum atomic E-state index is -0.861. The third-order valence-corrected chi connectivity index (χ3v) is 4.57. The summed E-state index contributed by atoms with van der Waals surface area (Å²) in [5, 5.41) is 3.43. The second-order valence-corrected chi connectivity index (χ2v) is 6.18. The summed E-state index contributed by atoms with van der Waals surface area (Å²) >= 11 is 0. The molecular weight excluding hydrogens is 312 g/mol. The lowest BCUT2D eigenvalue weighted by atomic mass is 9.97. The molecule has 24 heavy (non-hydrogen) atoms. The third kappa shape index (κ3) is 3.93. The lowest BCUT2D eigenvalue weighted by Gasteiger charge is -2.43. The zero-order valence-electron chi connectivity index (χ0n) is 13.9. The molecule has 0 radical (unpaired) electrons. The van der Waals surface area contributed by atoms with Crippen LogP contribution in [0, 0.1) is 11.6 Å². The van der Waals surface area contributed by atoms with Crippen molar-refractivity contribution in [3.05, 3.63) is 47.2 Å². The summed E-state index contributed by atoms with van der Waals surface area (Å²) < 4.78 is 31.9. The molecule has 0 aromatic heterocycles. The monoisotopic (exact) mass is 335 g/mol. The average molecular weight is 335 g/mol. The van der Waals surface area contributed by atoms with Gasteiger partial charge >= 0.3 is 0 Å². The van der Waals surface area contributed by atoms with Gasteiger partial charge in [-0.2, -0.15) is 0 Å². The minimum Gasteiger partial charge on any atom is -0.473 e. The van der Waals surface area contributed by atoms with Crippen LogP contribution in [-0.4, -0.2) is 43.5 Å². The molecule has 3 rings (SSSR count). The molecule has 2 aliphatic rings. The first-order chi connectivity index (χ1) is 11.7. The highest BCUT2D eigenvalue weighted by Crippen LogP contribution is 2.27. The second kappa shape index (κ2) is 7.75. The molecule has 0 amide bonds. The number of ether oxygens (including phenoxy) is 1. The van der Waals surface area contributed by atoms with Crippen molar-refractivity contribution in [1.82, 2.24) is 10.2 Å². The van der Waals surface area contributed by atoms with Gasteiger partial charge in [-0.1, -0.05) is 6.07 Å². The number of hydrogen-bond donors (Lipinski definition) is 1. The summed E-state index contributed by atoms with van der Waals surface area (Å²) in [6, 6.07) is 4.33. The standard InChI is InChI=1S/C18H23F2N3O/c1-21-18(24-12-13-5-6-16(19)17(20)9-13)10-14-3-2-4-15-11-22-7-8-23(14)15/h5-6,9-10,15,22H,2-4,7-8,11-12H2,1H3/b14-10+,21-18?. The lowest BCUT2D eigenvalue weighted by Crippen LogP contribution is -2.52. The molecule has 1 N–H and O–H groups in total. The van der Waals surface area contributed by atoms with Gasteiger partial charge in [0, 0.05) is 44.5 Å². The normalized spacial score (nSPS) is 23.3. The Morgan fingerprint density at radius 3 is 3.08 bits per heavy atom. The van der Waals surface area contributed by atoms with Gasteiger partial charge in [-0.15, -0.1) is 0 Å². The van der Waals surface area contributed by atoms with E-state index < -0.39 is 11.6 Å². The van der Waals surface area contributed by atoms with Gasteiger partial charge in [-0.3, -0.25) is 4.99 Å². The molecule has 1 aromatic carbocycles. The molecule has 2 aliphatic heterocycles. The molecule has 4 nitrogen and oxygen atoms in total. The molecule has 0 aliphatic carbocycles. The van der Waals surface area contributed by atoms with E-state index in [1.807, 2.05) is 6.08 Å². The van der Waals surface area contributed by atoms with Crippen LogP contribution in [0.3, 0.4) is 0 Å². The Bertz CT molecular complexity index is 643. The number of halogens is 2. The van der Waals surface area contributed by atoms with Crippen molar-refractivity contribution in [2.45, 2.75) is 31.9 Å². The van der Waals surface area contributed by atoms with Crippen LogP contribution in [0.15, 0.2) is 35.0 Å². The van der Waals surface area contributed by atoms with Crippen molar-refractivity contribution in [3.63, 3.8) is 0 Å². The van der Waals surface area contributed by atoms with Crippen molar-refractivity contribution < 1.29 is 13.5 Å². The molecule has 2 fully saturated rings. The maximum Gasteiger partial charge on any atom is 0.210 e. The Labute approximate surface area is 141 Å². The average Bonchev–Trinajstić information content (AvgIpc) is 2.61. The molecule has 0 bridgehead atoms. The fraction of sp³-hybridized carbons (Fsp3) is 0.500. The van der Waals surface area contributed by atoms with Crippen LogP contribution >= 0.6 is 0 Å². The minimum absolute atomic E-state index is 0.165. The highest BCUT2D eigenvalue weighted by atomic mass is 19.2. The summed E-state index contributed by atoms with van der Waals surface area (Å²) in [5.74, 6) is -1.19. The van der Waals surface area contributed by atoms with Crippen LogP contribution in [0.25, 0.3) is 0 Å². The van der Waals surface area contributed by atoms with Crippen molar-refractivity contribution in [2.24, 2.45) is 4.99 Å². The SMILES string of the molecule is CN=C(/C=C1\CCCC2CNCCN12)OCc1ccc(F)c(F)c1. The zero-order valence-corrected chi connectivity index (χ0v) is 13.9. The second-order valence-electron chi connectivity index (χ2n) is 6.18. The first-order valence-electron chi connectivity index (χ1n) is 8.39. The summed E-state index contributed by atoms with van der Waals surface area (Å²) in [5.41, 5.74) is 1.83. The van der Waals surface area contributed by atoms with Gasteiger partial charge in [-0.25, -0.2) is 8.78 Å². The fourth-order valence-corrected chi connectivity index (χ4v) is 3.31. The van der Waals surface area contributed by atoms with E-state index in [0.29, 0.717) is 17.5 Å². The quantitative estimate of drug-likeness (QED) is 0.682. The highest BCUT2D eigenvalue weighted by molar-refractivity contribution is 5.88. The van der Waals surface area contributed by atoms with Gasteiger partial charge in [-0.05, 0) is 37.0 Å². The van der Waals surface area contributed by atoms with Crippen LogP contribution in [0.5, 0.6) is 0 Å². The maximum atomic E-state index is 13.3. The topological polar surface area (TPSA) is 36.9 Å². The van der Waals surface area contributed by atoms with E-state index in [9.17, 15) is 8.78 Å². The third-order valence-electron chi connectivity index (χ3n) is 4.57. The van der Waals surface area contributed by atoms with E-state index >= 15 is 0 Å². The van der Waals surface area contributed by atoms with Gasteiger partial charge in [0.1, 0.15) is 6.61 Å². The Kier molecular flexibility index (Phi) is 5.45. The number of piperidine rings is 1. The predicted molar refractivity (Wildman–Crippen MR) is 89.8 cm³/mol. The Morgan fingerprint density at radius 2 is 2.29 bits per heavy atom. The van der Waals surface area contributed by atoms with Crippen molar-refractivity contribution in [1.29, 1.82) is 0 Å². The Hall–Kier alpha value is -1.95. The Morgan fingerprint density at radius 1 is 1.42 bits per heavy atom. The maximum absolute atomic E-state index is 13.3. The molecule has 2 heterocycles. The molecule has 130 valence electrons. The fourth-order valence-electron chi connectivity index (χ4n) is 3.31. The number of hydrogen-bond acceptors (Lipinski definition) is 4. The van der Waals surface area contributed by atoms with E-state index in [-0.39, 0.29) is 6.61 Å². The van der Waals surface area contributed by atoms with Crippen LogP contribution in [0.4, 0.5) is 8.78 Å². The van der Waals surface area contributed by atoms with Crippen molar-refractivity contribution in [2.75, 3.05) is 26.7 Å². The highest BCUT2D eigenvalue weighted by Gasteiger charge is 2.27. The smallest absolute Gasteiger partial charge is 0.210 e. The number of rotatable bonds is 3. The number of aliphatic imine (C=N–C) groups is 1. The molecule has 6 heteroatoms. The number of fused-ring (bicyclic) bond motifs is 1. The van der Waals surface area contributed by atoms with Crippen LogP contribution in [-0.2, 0) is 11.3 Å². The van der Waals surface area contributed by atoms with Crippen LogP contribution < -0.4 is 5.32 Å². The van der Waals surface area contributed by atoms with Gasteiger partial charge in [0.25, 0.3) is 0 Å². The van der Waals surface area contributed by atoms with E-state index in [1.165, 1.54) is 18.2 Å². The number of nitrogens with zero attached hydrogens (tertiary/aromatic N) is 2. The van der Waals surface area contributed by atoms with E-state index in [4.69, 9.17) is 4.74 Å². The molecule has 2 saturated heterocycles. The summed E-state index contributed by atoms with van der Waals surface area (Å²) in [7, 11) is 1.68. The largest absolute Gasteiger partial charge is 0.473 e. The molecule has 0 spiro atoms. The first-order valence-corrected chi connectivity index (χ1v) is 8.39. The number of nitrogens with one attached hydrogen (secondary N) is 1. The van der Waals surface area contributed by atoms with Crippen molar-refractivity contribution >= 4 is 5.90 Å². The van der Waals surface area contributed by atoms with Gasteiger partial charge < -0.3 is 15.0 Å². The van der Waals surface area contributed by atoms with Gasteiger partial charge in [0.2, 0.25) is 5.90 Å². The summed E-state index contributed by atoms with van der Waals surface area (Å²) in [6.07, 6.45) is 5.37. The Balaban J connectivity index is 1.66. The van der Waals surface area contributed by atoms with Crippen LogP contribution in [0.1, 0.15) is 24.8 Å². The zero-order chi connectivity index (χ0) is 16.9. The summed E-state index contributed by atoms with van der Waals surface area (Å²) in [6.45, 7) is 3.17.